The van der Waals surface area contributed by atoms with Gasteiger partial charge in [-0.3, -0.25) is 33.8 Å². The maximum atomic E-state index is 14.6. The lowest BCUT2D eigenvalue weighted by Gasteiger charge is -2.39. The third kappa shape index (κ3) is 8.34. The van der Waals surface area contributed by atoms with Crippen LogP contribution in [0.2, 0.25) is 0 Å². The number of piperidine rings is 1. The molecule has 6 unspecified atom stereocenters. The van der Waals surface area contributed by atoms with Gasteiger partial charge in [0.05, 0.1) is 12.2 Å². The van der Waals surface area contributed by atoms with E-state index in [0.29, 0.717) is 19.4 Å². The third-order valence-corrected chi connectivity index (χ3v) is 11.3. The number of aromatic nitrogens is 2. The first-order valence-corrected chi connectivity index (χ1v) is 18.5. The molecule has 0 spiro atoms. The summed E-state index contributed by atoms with van der Waals surface area (Å²) in [5, 5.41) is 11.5. The Morgan fingerprint density at radius 1 is 0.960 bits per heavy atom. The molecule has 3 saturated carbocycles. The average molecular weight is 694 g/mol. The lowest BCUT2D eigenvalue weighted by Crippen LogP contribution is -2.63. The molecule has 1 saturated heterocycles. The van der Waals surface area contributed by atoms with Crippen LogP contribution < -0.4 is 21.3 Å². The number of unbranched alkanes of at least 4 members (excludes halogenated alkanes) is 1. The SMILES string of the molecule is CCCCC(NC(=O)C1C2C(CN1C(=O)C(NC(=O)C(NC(=O)c1cnccn1)C1CCCCC1)C(C)(C)C)C2(C)C)C(=O)C(=O)NC1CC1. The van der Waals surface area contributed by atoms with Crippen LogP contribution >= 0.6 is 0 Å². The van der Waals surface area contributed by atoms with Crippen molar-refractivity contribution in [1.82, 2.24) is 36.1 Å². The molecule has 0 bridgehead atoms. The maximum Gasteiger partial charge on any atom is 0.289 e. The molecule has 13 nitrogen and oxygen atoms in total. The van der Waals surface area contributed by atoms with E-state index in [4.69, 9.17) is 0 Å². The number of fused-ring (bicyclic) bond motifs is 1. The first-order chi connectivity index (χ1) is 23.6. The highest BCUT2D eigenvalue weighted by atomic mass is 16.2. The van der Waals surface area contributed by atoms with Crippen LogP contribution in [0.25, 0.3) is 0 Å². The van der Waals surface area contributed by atoms with Gasteiger partial charge in [0, 0.05) is 25.0 Å². The van der Waals surface area contributed by atoms with Crippen molar-refractivity contribution in [3.63, 3.8) is 0 Å². The Labute approximate surface area is 295 Å². The zero-order chi connectivity index (χ0) is 36.4. The second-order valence-corrected chi connectivity index (χ2v) is 16.5. The summed E-state index contributed by atoms with van der Waals surface area (Å²) in [5.74, 6) is -3.35. The van der Waals surface area contributed by atoms with Crippen molar-refractivity contribution in [2.75, 3.05) is 6.54 Å². The largest absolute Gasteiger partial charge is 0.347 e. The minimum Gasteiger partial charge on any atom is -0.347 e. The molecular weight excluding hydrogens is 638 g/mol. The molecule has 4 N–H and O–H groups in total. The van der Waals surface area contributed by atoms with Crippen molar-refractivity contribution in [3.05, 3.63) is 24.3 Å². The number of ketones is 1. The molecule has 6 atom stereocenters. The minimum atomic E-state index is -1.01. The number of carbonyl (C=O) groups is 6. The Hall–Kier alpha value is -3.90. The molecule has 5 amide bonds. The predicted molar refractivity (Wildman–Crippen MR) is 185 cm³/mol. The highest BCUT2D eigenvalue weighted by Crippen LogP contribution is 2.65. The van der Waals surface area contributed by atoms with Crippen LogP contribution in [0.3, 0.4) is 0 Å². The fourth-order valence-electron chi connectivity index (χ4n) is 7.93. The summed E-state index contributed by atoms with van der Waals surface area (Å²) in [5.41, 5.74) is -0.844. The topological polar surface area (TPSA) is 180 Å². The Balaban J connectivity index is 1.36. The first kappa shape index (κ1) is 37.4. The molecule has 0 aromatic carbocycles. The van der Waals surface area contributed by atoms with Gasteiger partial charge >= 0.3 is 0 Å². The minimum absolute atomic E-state index is 0.00697. The van der Waals surface area contributed by atoms with Crippen molar-refractivity contribution < 1.29 is 28.8 Å². The number of hydrogen-bond donors (Lipinski definition) is 4. The second kappa shape index (κ2) is 15.1. The monoisotopic (exact) mass is 693 g/mol. The molecule has 2 heterocycles. The average Bonchev–Trinajstić information content (AvgIpc) is 3.94. The Bertz CT molecular complexity index is 1450. The highest BCUT2D eigenvalue weighted by molar-refractivity contribution is 6.38. The molecule has 4 fully saturated rings. The fourth-order valence-corrected chi connectivity index (χ4v) is 7.93. The predicted octanol–water partition coefficient (Wildman–Crippen LogP) is 2.69. The number of rotatable bonds is 14. The Morgan fingerprint density at radius 3 is 2.26 bits per heavy atom. The van der Waals surface area contributed by atoms with Gasteiger partial charge in [0.15, 0.2) is 0 Å². The molecule has 50 heavy (non-hydrogen) atoms. The summed E-state index contributed by atoms with van der Waals surface area (Å²) < 4.78 is 0. The summed E-state index contributed by atoms with van der Waals surface area (Å²) in [7, 11) is 0. The zero-order valence-electron chi connectivity index (χ0n) is 30.4. The Morgan fingerprint density at radius 2 is 1.66 bits per heavy atom. The van der Waals surface area contributed by atoms with Gasteiger partial charge in [-0.1, -0.05) is 73.6 Å². The number of nitrogens with one attached hydrogen (secondary N) is 4. The van der Waals surface area contributed by atoms with Crippen LogP contribution in [0, 0.1) is 28.6 Å². The van der Waals surface area contributed by atoms with Crippen molar-refractivity contribution in [1.29, 1.82) is 0 Å². The second-order valence-electron chi connectivity index (χ2n) is 16.5. The number of carbonyl (C=O) groups excluding carboxylic acids is 6. The van der Waals surface area contributed by atoms with E-state index in [1.54, 1.807) is 4.90 Å². The van der Waals surface area contributed by atoms with Gasteiger partial charge in [-0.15, -0.1) is 0 Å². The van der Waals surface area contributed by atoms with E-state index < -0.39 is 59.0 Å². The third-order valence-electron chi connectivity index (χ3n) is 11.3. The summed E-state index contributed by atoms with van der Waals surface area (Å²) in [6.07, 6.45) is 12.1. The first-order valence-electron chi connectivity index (χ1n) is 18.5. The number of likely N-dealkylation sites (tertiary alicyclic amines) is 1. The van der Waals surface area contributed by atoms with Crippen LogP contribution in [0.5, 0.6) is 0 Å². The van der Waals surface area contributed by atoms with Gasteiger partial charge in [0.1, 0.15) is 23.8 Å². The van der Waals surface area contributed by atoms with E-state index in [9.17, 15) is 28.8 Å². The van der Waals surface area contributed by atoms with Crippen LogP contribution in [0.15, 0.2) is 18.6 Å². The molecular formula is C37H55N7O6. The van der Waals surface area contributed by atoms with Gasteiger partial charge < -0.3 is 26.2 Å². The summed E-state index contributed by atoms with van der Waals surface area (Å²) >= 11 is 0. The fraction of sp³-hybridized carbons (Fsp3) is 0.730. The van der Waals surface area contributed by atoms with Crippen LogP contribution in [0.1, 0.15) is 116 Å². The van der Waals surface area contributed by atoms with E-state index in [1.165, 1.54) is 18.6 Å². The number of amides is 5. The number of Topliss-reactive ketones (excluding diaryl/α,β-unsaturated/α-hetero) is 1. The van der Waals surface area contributed by atoms with Crippen molar-refractivity contribution in [2.24, 2.45) is 28.6 Å². The zero-order valence-corrected chi connectivity index (χ0v) is 30.4. The van der Waals surface area contributed by atoms with Gasteiger partial charge in [-0.2, -0.15) is 0 Å². The van der Waals surface area contributed by atoms with Gasteiger partial charge in [0.2, 0.25) is 23.5 Å². The molecule has 13 heteroatoms. The lowest BCUT2D eigenvalue weighted by atomic mass is 9.82. The molecule has 274 valence electrons. The van der Waals surface area contributed by atoms with E-state index in [0.717, 1.165) is 51.4 Å². The molecule has 5 rings (SSSR count). The van der Waals surface area contributed by atoms with Crippen molar-refractivity contribution in [3.8, 4) is 0 Å². The van der Waals surface area contributed by atoms with Gasteiger partial charge in [-0.05, 0) is 60.7 Å². The molecule has 3 aliphatic carbocycles. The smallest absolute Gasteiger partial charge is 0.289 e. The molecule has 1 aromatic heterocycles. The normalized spacial score (nSPS) is 24.6. The van der Waals surface area contributed by atoms with E-state index in [1.807, 2.05) is 27.7 Å². The molecule has 1 aliphatic heterocycles. The van der Waals surface area contributed by atoms with Gasteiger partial charge in [0.25, 0.3) is 11.8 Å². The van der Waals surface area contributed by atoms with Crippen LogP contribution in [-0.4, -0.2) is 86.9 Å². The van der Waals surface area contributed by atoms with E-state index in [2.05, 4.69) is 45.1 Å². The summed E-state index contributed by atoms with van der Waals surface area (Å²) in [6, 6.07) is -3.75. The standard InChI is InChI=1S/C37H55N7O6/c1-7-8-14-24(29(45)34(49)40-22-15-16-22)41-33(48)28-26-23(37(26,5)6)20-44(28)35(50)30(36(2,3)4)43-32(47)27(21-12-10-9-11-13-21)42-31(46)25-19-38-17-18-39-25/h17-19,21-24,26-28,30H,7-16,20H2,1-6H3,(H,40,49)(H,41,48)(H,42,46)(H,43,47). The highest BCUT2D eigenvalue weighted by Gasteiger charge is 2.70. The quantitative estimate of drug-likeness (QED) is 0.215. The van der Waals surface area contributed by atoms with Crippen LogP contribution in [-0.2, 0) is 24.0 Å². The molecule has 0 radical (unpaired) electrons. The summed E-state index contributed by atoms with van der Waals surface area (Å²) in [6.45, 7) is 12.0. The number of hydrogen-bond acceptors (Lipinski definition) is 8. The van der Waals surface area contributed by atoms with Gasteiger partial charge in [-0.25, -0.2) is 4.98 Å². The summed E-state index contributed by atoms with van der Waals surface area (Å²) in [4.78, 5) is 91.7. The maximum absolute atomic E-state index is 14.6. The van der Waals surface area contributed by atoms with E-state index in [-0.39, 0.29) is 40.8 Å². The lowest BCUT2D eigenvalue weighted by molar-refractivity contribution is -0.147. The molecule has 1 aromatic rings. The van der Waals surface area contributed by atoms with Crippen molar-refractivity contribution in [2.45, 2.75) is 136 Å². The van der Waals surface area contributed by atoms with Crippen molar-refractivity contribution >= 4 is 35.3 Å². The van der Waals surface area contributed by atoms with Crippen LogP contribution in [0.4, 0.5) is 0 Å². The Kier molecular flexibility index (Phi) is 11.3. The molecule has 4 aliphatic rings. The number of nitrogens with zero attached hydrogens (tertiary/aromatic N) is 3. The van der Waals surface area contributed by atoms with E-state index >= 15 is 0 Å².